The van der Waals surface area contributed by atoms with Crippen LogP contribution in [0.3, 0.4) is 0 Å². The Morgan fingerprint density at radius 1 is 1.56 bits per heavy atom. The van der Waals surface area contributed by atoms with Crippen molar-refractivity contribution in [3.63, 3.8) is 0 Å². The molecule has 4 heteroatoms. The van der Waals surface area contributed by atoms with Crippen LogP contribution in [0, 0.1) is 6.92 Å². The molecule has 1 aromatic heterocycles. The normalized spacial score (nSPS) is 22.6. The molecule has 0 radical (unpaired) electrons. The molecule has 16 heavy (non-hydrogen) atoms. The Bertz CT molecular complexity index is 348. The van der Waals surface area contributed by atoms with Crippen LogP contribution < -0.4 is 5.73 Å². The average Bonchev–Trinajstić information content (AvgIpc) is 2.61. The molecule has 3 nitrogen and oxygen atoms in total. The highest BCUT2D eigenvalue weighted by Crippen LogP contribution is 2.31. The number of hydrogen-bond acceptors (Lipinski definition) is 4. The van der Waals surface area contributed by atoms with Gasteiger partial charge in [0.25, 0.3) is 0 Å². The number of rotatable bonds is 3. The van der Waals surface area contributed by atoms with Crippen molar-refractivity contribution in [3.8, 4) is 0 Å². The van der Waals surface area contributed by atoms with E-state index >= 15 is 0 Å². The molecule has 0 aliphatic carbocycles. The van der Waals surface area contributed by atoms with Crippen molar-refractivity contribution in [1.29, 1.82) is 0 Å². The fourth-order valence-corrected chi connectivity index (χ4v) is 3.56. The molecule has 1 fully saturated rings. The van der Waals surface area contributed by atoms with Gasteiger partial charge in [-0.1, -0.05) is 0 Å². The summed E-state index contributed by atoms with van der Waals surface area (Å²) in [5, 5.41) is 1.33. The Kier molecular flexibility index (Phi) is 3.95. The monoisotopic (exact) mass is 239 g/mol. The van der Waals surface area contributed by atoms with E-state index in [0.717, 1.165) is 19.5 Å². The number of likely N-dealkylation sites (N-methyl/N-ethyl adjacent to an activating group) is 1. The van der Waals surface area contributed by atoms with E-state index in [1.165, 1.54) is 35.0 Å². The number of hydrogen-bond donors (Lipinski definition) is 1. The minimum atomic E-state index is 0.647. The Morgan fingerprint density at radius 2 is 2.38 bits per heavy atom. The lowest BCUT2D eigenvalue weighted by molar-refractivity contribution is 0.250. The van der Waals surface area contributed by atoms with E-state index in [4.69, 9.17) is 10.7 Å². The van der Waals surface area contributed by atoms with E-state index in [0.29, 0.717) is 5.92 Å². The molecule has 0 aromatic carbocycles. The summed E-state index contributed by atoms with van der Waals surface area (Å²) in [5.41, 5.74) is 6.80. The van der Waals surface area contributed by atoms with Crippen LogP contribution >= 0.6 is 11.3 Å². The van der Waals surface area contributed by atoms with Gasteiger partial charge in [-0.05, 0) is 46.3 Å². The van der Waals surface area contributed by atoms with Gasteiger partial charge in [0.05, 0.1) is 10.7 Å². The Labute approximate surface area is 102 Å². The summed E-state index contributed by atoms with van der Waals surface area (Å²) in [6.45, 7) is 5.23. The first-order valence-corrected chi connectivity index (χ1v) is 6.87. The maximum atomic E-state index is 5.61. The largest absolute Gasteiger partial charge is 0.330 e. The second-order valence-electron chi connectivity index (χ2n) is 4.70. The van der Waals surface area contributed by atoms with Gasteiger partial charge in [-0.15, -0.1) is 11.3 Å². The number of nitrogens with zero attached hydrogens (tertiary/aromatic N) is 2. The van der Waals surface area contributed by atoms with Crippen LogP contribution in [0.15, 0.2) is 0 Å². The highest BCUT2D eigenvalue weighted by Gasteiger charge is 2.22. The van der Waals surface area contributed by atoms with Crippen LogP contribution in [-0.2, 0) is 6.42 Å². The predicted octanol–water partition coefficient (Wildman–Crippen LogP) is 1.76. The molecule has 1 aliphatic heterocycles. The molecule has 90 valence electrons. The molecule has 1 aliphatic rings. The van der Waals surface area contributed by atoms with Gasteiger partial charge in [-0.2, -0.15) is 0 Å². The van der Waals surface area contributed by atoms with Crippen LogP contribution in [0.2, 0.25) is 0 Å². The zero-order valence-corrected chi connectivity index (χ0v) is 11.0. The van der Waals surface area contributed by atoms with Gasteiger partial charge < -0.3 is 10.6 Å². The maximum Gasteiger partial charge on any atom is 0.0974 e. The third-order valence-corrected chi connectivity index (χ3v) is 4.63. The standard InChI is InChI=1S/C12H21N3S/c1-9-11(5-6-13)16-12(14-9)10-4-3-7-15(2)8-10/h10H,3-8,13H2,1-2H3. The zero-order valence-electron chi connectivity index (χ0n) is 10.2. The van der Waals surface area contributed by atoms with Crippen LogP contribution in [-0.4, -0.2) is 36.6 Å². The molecule has 1 aromatic rings. The first-order chi connectivity index (χ1) is 7.70. The molecule has 0 saturated carbocycles. The van der Waals surface area contributed by atoms with Crippen LogP contribution in [0.25, 0.3) is 0 Å². The van der Waals surface area contributed by atoms with Crippen molar-refractivity contribution in [2.75, 3.05) is 26.7 Å². The number of aryl methyl sites for hydroxylation is 1. The molecule has 1 unspecified atom stereocenters. The second kappa shape index (κ2) is 5.25. The summed E-state index contributed by atoms with van der Waals surface area (Å²) in [6.07, 6.45) is 3.57. The van der Waals surface area contributed by atoms with E-state index in [1.807, 2.05) is 11.3 Å². The van der Waals surface area contributed by atoms with Crippen molar-refractivity contribution in [3.05, 3.63) is 15.6 Å². The van der Waals surface area contributed by atoms with Crippen LogP contribution in [0.5, 0.6) is 0 Å². The topological polar surface area (TPSA) is 42.2 Å². The van der Waals surface area contributed by atoms with Crippen molar-refractivity contribution < 1.29 is 0 Å². The Morgan fingerprint density at radius 3 is 3.06 bits per heavy atom. The number of piperidine rings is 1. The highest BCUT2D eigenvalue weighted by molar-refractivity contribution is 7.11. The van der Waals surface area contributed by atoms with Gasteiger partial charge in [0, 0.05) is 17.3 Å². The van der Waals surface area contributed by atoms with Crippen LogP contribution in [0.1, 0.15) is 34.3 Å². The van der Waals surface area contributed by atoms with Gasteiger partial charge in [-0.25, -0.2) is 4.98 Å². The van der Waals surface area contributed by atoms with E-state index in [2.05, 4.69) is 18.9 Å². The number of likely N-dealkylation sites (tertiary alicyclic amines) is 1. The lowest BCUT2D eigenvalue weighted by Crippen LogP contribution is -2.30. The van der Waals surface area contributed by atoms with Gasteiger partial charge in [0.15, 0.2) is 0 Å². The molecule has 2 rings (SSSR count). The smallest absolute Gasteiger partial charge is 0.0974 e. The molecule has 0 amide bonds. The summed E-state index contributed by atoms with van der Waals surface area (Å²) in [6, 6.07) is 0. The summed E-state index contributed by atoms with van der Waals surface area (Å²) in [7, 11) is 2.20. The lowest BCUT2D eigenvalue weighted by Gasteiger charge is -2.28. The fourth-order valence-electron chi connectivity index (χ4n) is 2.36. The molecular formula is C12H21N3S. The molecule has 2 N–H and O–H groups in total. The quantitative estimate of drug-likeness (QED) is 0.874. The SMILES string of the molecule is Cc1nc(C2CCCN(C)C2)sc1CCN. The summed E-state index contributed by atoms with van der Waals surface area (Å²) >= 11 is 1.87. The minimum Gasteiger partial charge on any atom is -0.330 e. The fraction of sp³-hybridized carbons (Fsp3) is 0.750. The predicted molar refractivity (Wildman–Crippen MR) is 69.1 cm³/mol. The van der Waals surface area contributed by atoms with Gasteiger partial charge in [0.1, 0.15) is 0 Å². The molecule has 0 bridgehead atoms. The summed E-state index contributed by atoms with van der Waals surface area (Å²) in [5.74, 6) is 0.647. The third-order valence-electron chi connectivity index (χ3n) is 3.25. The second-order valence-corrected chi connectivity index (χ2v) is 5.82. The molecular weight excluding hydrogens is 218 g/mol. The van der Waals surface area contributed by atoms with Gasteiger partial charge in [0.2, 0.25) is 0 Å². The first-order valence-electron chi connectivity index (χ1n) is 6.05. The van der Waals surface area contributed by atoms with E-state index < -0.39 is 0 Å². The molecule has 0 spiro atoms. The zero-order chi connectivity index (χ0) is 11.5. The van der Waals surface area contributed by atoms with Crippen molar-refractivity contribution in [1.82, 2.24) is 9.88 Å². The van der Waals surface area contributed by atoms with Gasteiger partial charge >= 0.3 is 0 Å². The molecule has 1 atom stereocenters. The summed E-state index contributed by atoms with van der Waals surface area (Å²) in [4.78, 5) is 8.51. The van der Waals surface area contributed by atoms with Crippen molar-refractivity contribution in [2.24, 2.45) is 5.73 Å². The first kappa shape index (κ1) is 12.0. The van der Waals surface area contributed by atoms with E-state index in [-0.39, 0.29) is 0 Å². The number of aromatic nitrogens is 1. The Hall–Kier alpha value is -0.450. The number of thiazole rings is 1. The average molecular weight is 239 g/mol. The van der Waals surface area contributed by atoms with E-state index in [9.17, 15) is 0 Å². The van der Waals surface area contributed by atoms with E-state index in [1.54, 1.807) is 0 Å². The maximum absolute atomic E-state index is 5.61. The Balaban J connectivity index is 2.10. The highest BCUT2D eigenvalue weighted by atomic mass is 32.1. The minimum absolute atomic E-state index is 0.647. The van der Waals surface area contributed by atoms with Crippen LogP contribution in [0.4, 0.5) is 0 Å². The molecule has 2 heterocycles. The lowest BCUT2D eigenvalue weighted by atomic mass is 9.99. The van der Waals surface area contributed by atoms with Crippen molar-refractivity contribution in [2.45, 2.75) is 32.1 Å². The summed E-state index contributed by atoms with van der Waals surface area (Å²) < 4.78 is 0. The molecule has 1 saturated heterocycles. The van der Waals surface area contributed by atoms with Gasteiger partial charge in [-0.3, -0.25) is 0 Å². The number of nitrogens with two attached hydrogens (primary N) is 1. The third kappa shape index (κ3) is 2.62. The van der Waals surface area contributed by atoms with Crippen molar-refractivity contribution >= 4 is 11.3 Å².